The quantitative estimate of drug-likeness (QED) is 0.690. The molecule has 0 aromatic carbocycles. The summed E-state index contributed by atoms with van der Waals surface area (Å²) >= 11 is 0. The van der Waals surface area contributed by atoms with E-state index in [9.17, 15) is 4.79 Å². The molecule has 12 heavy (non-hydrogen) atoms. The maximum atomic E-state index is 10.5. The number of aromatic nitrogens is 2. The Morgan fingerprint density at radius 3 is 2.75 bits per heavy atom. The summed E-state index contributed by atoms with van der Waals surface area (Å²) in [6, 6.07) is 0.265. The van der Waals surface area contributed by atoms with Crippen LogP contribution in [-0.4, -0.2) is 23.1 Å². The van der Waals surface area contributed by atoms with Gasteiger partial charge in [0.15, 0.2) is 6.29 Å². The second-order valence-corrected chi connectivity index (χ2v) is 2.85. The summed E-state index contributed by atoms with van der Waals surface area (Å²) in [5.41, 5.74) is 0.603. The minimum absolute atomic E-state index is 0.265. The summed E-state index contributed by atoms with van der Waals surface area (Å²) in [5.74, 6) is 0.778. The predicted octanol–water partition coefficient (Wildman–Crippen LogP) is 1.32. The number of nitrogens with one attached hydrogen (secondary N) is 1. The van der Waals surface area contributed by atoms with Crippen LogP contribution in [0.15, 0.2) is 6.20 Å². The molecule has 1 aromatic heterocycles. The number of hydrogen-bond acceptors (Lipinski definition) is 3. The molecule has 0 bridgehead atoms. The number of rotatable bonds is 3. The number of carbonyl (C=O) groups excluding carboxylic acids is 1. The smallest absolute Gasteiger partial charge is 0.155 e. The largest absolute Gasteiger partial charge is 0.373 e. The van der Waals surface area contributed by atoms with Gasteiger partial charge in [-0.25, -0.2) is 4.68 Å². The molecule has 0 fully saturated rings. The van der Waals surface area contributed by atoms with Gasteiger partial charge in [-0.3, -0.25) is 4.79 Å². The first-order valence-corrected chi connectivity index (χ1v) is 3.91. The fourth-order valence-electron chi connectivity index (χ4n) is 1.11. The second-order valence-electron chi connectivity index (χ2n) is 2.85. The van der Waals surface area contributed by atoms with Crippen molar-refractivity contribution in [3.05, 3.63) is 11.8 Å². The highest BCUT2D eigenvalue weighted by atomic mass is 16.1. The fraction of sp³-hybridized carbons (Fsp3) is 0.500. The summed E-state index contributed by atoms with van der Waals surface area (Å²) in [6.07, 6.45) is 2.37. The summed E-state index contributed by atoms with van der Waals surface area (Å²) in [7, 11) is 1.78. The van der Waals surface area contributed by atoms with E-state index in [0.29, 0.717) is 5.56 Å². The summed E-state index contributed by atoms with van der Waals surface area (Å²) in [4.78, 5) is 10.5. The molecule has 4 heteroatoms. The highest BCUT2D eigenvalue weighted by Gasteiger charge is 2.09. The molecule has 0 aliphatic heterocycles. The molecule has 0 aliphatic carbocycles. The number of carbonyl (C=O) groups is 1. The van der Waals surface area contributed by atoms with E-state index in [4.69, 9.17) is 0 Å². The third kappa shape index (κ3) is 1.32. The third-order valence-corrected chi connectivity index (χ3v) is 1.68. The molecule has 0 radical (unpaired) electrons. The Balaban J connectivity index is 3.13. The lowest BCUT2D eigenvalue weighted by atomic mass is 10.3. The van der Waals surface area contributed by atoms with Gasteiger partial charge in [-0.1, -0.05) is 0 Å². The number of anilines is 1. The van der Waals surface area contributed by atoms with Gasteiger partial charge in [0.1, 0.15) is 5.82 Å². The lowest BCUT2D eigenvalue weighted by Crippen LogP contribution is -2.07. The molecule has 66 valence electrons. The molecule has 0 saturated carbocycles. The van der Waals surface area contributed by atoms with Crippen molar-refractivity contribution in [1.29, 1.82) is 0 Å². The van der Waals surface area contributed by atoms with Crippen LogP contribution in [0.1, 0.15) is 30.2 Å². The zero-order valence-corrected chi connectivity index (χ0v) is 7.53. The molecule has 0 saturated heterocycles. The van der Waals surface area contributed by atoms with E-state index in [1.54, 1.807) is 17.9 Å². The summed E-state index contributed by atoms with van der Waals surface area (Å²) < 4.78 is 1.78. The van der Waals surface area contributed by atoms with Crippen LogP contribution < -0.4 is 5.32 Å². The maximum Gasteiger partial charge on any atom is 0.155 e. The van der Waals surface area contributed by atoms with Crippen molar-refractivity contribution < 1.29 is 4.79 Å². The summed E-state index contributed by atoms with van der Waals surface area (Å²) in [5, 5.41) is 7.03. The van der Waals surface area contributed by atoms with Crippen molar-refractivity contribution in [2.24, 2.45) is 0 Å². The van der Waals surface area contributed by atoms with Gasteiger partial charge < -0.3 is 5.32 Å². The third-order valence-electron chi connectivity index (χ3n) is 1.68. The maximum absolute atomic E-state index is 10.5. The van der Waals surface area contributed by atoms with Crippen LogP contribution in [0.25, 0.3) is 0 Å². The van der Waals surface area contributed by atoms with Gasteiger partial charge in [0.2, 0.25) is 0 Å². The number of hydrogen-bond donors (Lipinski definition) is 1. The van der Waals surface area contributed by atoms with Crippen molar-refractivity contribution in [3.63, 3.8) is 0 Å². The highest BCUT2D eigenvalue weighted by Crippen LogP contribution is 2.16. The SMILES string of the molecule is CNc1c(C=O)cnn1C(C)C. The van der Waals surface area contributed by atoms with E-state index >= 15 is 0 Å². The molecule has 1 aromatic rings. The van der Waals surface area contributed by atoms with E-state index in [2.05, 4.69) is 10.4 Å². The molecule has 0 amide bonds. The Morgan fingerprint density at radius 2 is 2.33 bits per heavy atom. The Hall–Kier alpha value is -1.32. The lowest BCUT2D eigenvalue weighted by Gasteiger charge is -2.10. The van der Waals surface area contributed by atoms with Gasteiger partial charge in [-0.05, 0) is 13.8 Å². The van der Waals surface area contributed by atoms with Crippen LogP contribution in [0, 0.1) is 0 Å². The van der Waals surface area contributed by atoms with Crippen LogP contribution in [0.3, 0.4) is 0 Å². The molecule has 0 atom stereocenters. The first-order valence-electron chi connectivity index (χ1n) is 3.91. The average molecular weight is 167 g/mol. The van der Waals surface area contributed by atoms with E-state index in [1.165, 1.54) is 0 Å². The van der Waals surface area contributed by atoms with Gasteiger partial charge in [0.05, 0.1) is 11.8 Å². The molecule has 0 aliphatic rings. The molecular formula is C8H13N3O. The molecular weight excluding hydrogens is 154 g/mol. The van der Waals surface area contributed by atoms with Crippen molar-refractivity contribution >= 4 is 12.1 Å². The number of aldehydes is 1. The molecule has 0 unspecified atom stereocenters. The van der Waals surface area contributed by atoms with Gasteiger partial charge in [0.25, 0.3) is 0 Å². The first-order chi connectivity index (χ1) is 5.70. The van der Waals surface area contributed by atoms with Gasteiger partial charge in [-0.15, -0.1) is 0 Å². The van der Waals surface area contributed by atoms with Crippen LogP contribution in [-0.2, 0) is 0 Å². The Morgan fingerprint density at radius 1 is 1.67 bits per heavy atom. The zero-order chi connectivity index (χ0) is 9.14. The van der Waals surface area contributed by atoms with Crippen LogP contribution in [0.5, 0.6) is 0 Å². The molecule has 4 nitrogen and oxygen atoms in total. The zero-order valence-electron chi connectivity index (χ0n) is 7.53. The minimum atomic E-state index is 0.265. The fourth-order valence-corrected chi connectivity index (χ4v) is 1.11. The van der Waals surface area contributed by atoms with Crippen molar-refractivity contribution in [3.8, 4) is 0 Å². The van der Waals surface area contributed by atoms with Crippen molar-refractivity contribution in [2.45, 2.75) is 19.9 Å². The highest BCUT2D eigenvalue weighted by molar-refractivity contribution is 5.82. The molecule has 1 rings (SSSR count). The topological polar surface area (TPSA) is 46.9 Å². The van der Waals surface area contributed by atoms with E-state index in [-0.39, 0.29) is 6.04 Å². The van der Waals surface area contributed by atoms with E-state index < -0.39 is 0 Å². The lowest BCUT2D eigenvalue weighted by molar-refractivity contribution is 0.112. The van der Waals surface area contributed by atoms with Gasteiger partial charge in [0, 0.05) is 13.1 Å². The molecule has 0 spiro atoms. The van der Waals surface area contributed by atoms with E-state index in [0.717, 1.165) is 12.1 Å². The molecule has 1 heterocycles. The van der Waals surface area contributed by atoms with Crippen molar-refractivity contribution in [1.82, 2.24) is 9.78 Å². The van der Waals surface area contributed by atoms with Gasteiger partial charge >= 0.3 is 0 Å². The summed E-state index contributed by atoms with van der Waals surface area (Å²) in [6.45, 7) is 4.03. The van der Waals surface area contributed by atoms with Crippen LogP contribution >= 0.6 is 0 Å². The Labute approximate surface area is 71.6 Å². The monoisotopic (exact) mass is 167 g/mol. The average Bonchev–Trinajstić information content (AvgIpc) is 2.46. The van der Waals surface area contributed by atoms with Crippen molar-refractivity contribution in [2.75, 3.05) is 12.4 Å². The van der Waals surface area contributed by atoms with Gasteiger partial charge in [-0.2, -0.15) is 5.10 Å². The predicted molar refractivity (Wildman–Crippen MR) is 47.5 cm³/mol. The minimum Gasteiger partial charge on any atom is -0.373 e. The van der Waals surface area contributed by atoms with Crippen LogP contribution in [0.4, 0.5) is 5.82 Å². The van der Waals surface area contributed by atoms with Crippen LogP contribution in [0.2, 0.25) is 0 Å². The van der Waals surface area contributed by atoms with E-state index in [1.807, 2.05) is 13.8 Å². The second kappa shape index (κ2) is 3.38. The molecule has 1 N–H and O–H groups in total. The number of nitrogens with zero attached hydrogens (tertiary/aromatic N) is 2. The Bertz CT molecular complexity index is 278. The normalized spacial score (nSPS) is 10.3. The Kier molecular flexibility index (Phi) is 2.47. The first kappa shape index (κ1) is 8.77. The standard InChI is InChI=1S/C8H13N3O/c1-6(2)11-8(9-3)7(5-12)4-10-11/h4-6,9H,1-3H3.